The summed E-state index contributed by atoms with van der Waals surface area (Å²) in [6.07, 6.45) is 0. The van der Waals surface area contributed by atoms with Gasteiger partial charge in [0.15, 0.2) is 0 Å². The van der Waals surface area contributed by atoms with Crippen LogP contribution < -0.4 is 4.74 Å². The summed E-state index contributed by atoms with van der Waals surface area (Å²) in [5, 5.41) is 1.23. The number of fused-ring (bicyclic) bond motifs is 1. The lowest BCUT2D eigenvalue weighted by molar-refractivity contribution is 0.415. The summed E-state index contributed by atoms with van der Waals surface area (Å²) in [5.41, 5.74) is 5.90. The predicted octanol–water partition coefficient (Wildman–Crippen LogP) is 5.51. The van der Waals surface area contributed by atoms with E-state index in [-0.39, 0.29) is 0 Å². The van der Waals surface area contributed by atoms with E-state index in [1.807, 2.05) is 18.2 Å². The Hall–Kier alpha value is -3.00. The highest BCUT2D eigenvalue weighted by Crippen LogP contribution is 2.38. The lowest BCUT2D eigenvalue weighted by Crippen LogP contribution is -1.85. The fourth-order valence-corrected chi connectivity index (χ4v) is 3.02. The van der Waals surface area contributed by atoms with Crippen LogP contribution in [-0.4, -0.2) is 12.1 Å². The zero-order valence-electron chi connectivity index (χ0n) is 12.9. The second-order valence-electron chi connectivity index (χ2n) is 5.52. The minimum absolute atomic E-state index is 0.870. The molecule has 2 nitrogen and oxygen atoms in total. The SMILES string of the molecule is COc1ccc(-c2c(-c3ccccc3)[nH]c3ccccc23)cc1. The molecule has 1 heterocycles. The monoisotopic (exact) mass is 299 g/mol. The van der Waals surface area contributed by atoms with Crippen molar-refractivity contribution >= 4 is 10.9 Å². The van der Waals surface area contributed by atoms with Gasteiger partial charge in [0.1, 0.15) is 5.75 Å². The van der Waals surface area contributed by atoms with Gasteiger partial charge in [0.05, 0.1) is 12.8 Å². The van der Waals surface area contributed by atoms with E-state index in [2.05, 4.69) is 65.6 Å². The van der Waals surface area contributed by atoms with Crippen LogP contribution in [0, 0.1) is 0 Å². The maximum Gasteiger partial charge on any atom is 0.118 e. The standard InChI is InChI=1S/C21H17NO/c1-23-17-13-11-15(12-14-17)20-18-9-5-6-10-19(18)22-21(20)16-7-3-2-4-8-16/h2-14,22H,1H3. The van der Waals surface area contributed by atoms with Gasteiger partial charge in [-0.05, 0) is 29.3 Å². The number of H-pyrrole nitrogens is 1. The number of hydrogen-bond acceptors (Lipinski definition) is 1. The molecule has 1 N–H and O–H groups in total. The van der Waals surface area contributed by atoms with Crippen molar-refractivity contribution in [3.8, 4) is 28.1 Å². The minimum Gasteiger partial charge on any atom is -0.497 e. The molecule has 3 aromatic carbocycles. The highest BCUT2D eigenvalue weighted by molar-refractivity contribution is 6.03. The molecular weight excluding hydrogens is 282 g/mol. The summed E-state index contributed by atoms with van der Waals surface area (Å²) >= 11 is 0. The van der Waals surface area contributed by atoms with Crippen LogP contribution in [0.2, 0.25) is 0 Å². The third kappa shape index (κ3) is 2.38. The van der Waals surface area contributed by atoms with E-state index >= 15 is 0 Å². The average molecular weight is 299 g/mol. The molecule has 0 bridgehead atoms. The molecule has 0 aliphatic rings. The van der Waals surface area contributed by atoms with Gasteiger partial charge < -0.3 is 9.72 Å². The molecule has 0 amide bonds. The summed E-state index contributed by atoms with van der Waals surface area (Å²) in [4.78, 5) is 3.58. The van der Waals surface area contributed by atoms with Crippen LogP contribution in [0.3, 0.4) is 0 Å². The Morgan fingerprint density at radius 1 is 0.696 bits per heavy atom. The van der Waals surface area contributed by atoms with E-state index in [1.54, 1.807) is 7.11 Å². The molecule has 0 radical (unpaired) electrons. The number of para-hydroxylation sites is 1. The van der Waals surface area contributed by atoms with Crippen LogP contribution in [-0.2, 0) is 0 Å². The Bertz CT molecular complexity index is 937. The van der Waals surface area contributed by atoms with Crippen molar-refractivity contribution in [2.24, 2.45) is 0 Å². The van der Waals surface area contributed by atoms with Crippen LogP contribution in [0.1, 0.15) is 0 Å². The first-order chi connectivity index (χ1) is 11.4. The van der Waals surface area contributed by atoms with Crippen molar-refractivity contribution in [2.45, 2.75) is 0 Å². The van der Waals surface area contributed by atoms with Crippen molar-refractivity contribution in [3.63, 3.8) is 0 Å². The molecule has 0 fully saturated rings. The Labute approximate surface area is 135 Å². The number of rotatable bonds is 3. The molecule has 0 atom stereocenters. The van der Waals surface area contributed by atoms with E-state index in [0.717, 1.165) is 17.0 Å². The molecule has 4 aromatic rings. The Kier molecular flexibility index (Phi) is 3.35. The highest BCUT2D eigenvalue weighted by atomic mass is 16.5. The number of nitrogens with one attached hydrogen (secondary N) is 1. The van der Waals surface area contributed by atoms with E-state index in [0.29, 0.717) is 0 Å². The number of methoxy groups -OCH3 is 1. The van der Waals surface area contributed by atoms with Crippen LogP contribution in [0.5, 0.6) is 5.75 Å². The topological polar surface area (TPSA) is 25.0 Å². The molecule has 0 saturated heterocycles. The van der Waals surface area contributed by atoms with Gasteiger partial charge in [0, 0.05) is 16.5 Å². The van der Waals surface area contributed by atoms with Gasteiger partial charge >= 0.3 is 0 Å². The third-order valence-electron chi connectivity index (χ3n) is 4.15. The molecule has 4 rings (SSSR count). The number of aromatic amines is 1. The zero-order chi connectivity index (χ0) is 15.6. The third-order valence-corrected chi connectivity index (χ3v) is 4.15. The number of benzene rings is 3. The van der Waals surface area contributed by atoms with Crippen molar-refractivity contribution in [1.82, 2.24) is 4.98 Å². The average Bonchev–Trinajstić information content (AvgIpc) is 3.02. The number of aromatic nitrogens is 1. The van der Waals surface area contributed by atoms with E-state index in [9.17, 15) is 0 Å². The maximum atomic E-state index is 5.28. The van der Waals surface area contributed by atoms with Gasteiger partial charge in [-0.25, -0.2) is 0 Å². The fraction of sp³-hybridized carbons (Fsp3) is 0.0476. The summed E-state index contributed by atoms with van der Waals surface area (Å²) < 4.78 is 5.28. The van der Waals surface area contributed by atoms with Crippen LogP contribution in [0.15, 0.2) is 78.9 Å². The van der Waals surface area contributed by atoms with Crippen LogP contribution in [0.4, 0.5) is 0 Å². The van der Waals surface area contributed by atoms with Crippen LogP contribution >= 0.6 is 0 Å². The van der Waals surface area contributed by atoms with Gasteiger partial charge in [0.25, 0.3) is 0 Å². The number of ether oxygens (including phenoxy) is 1. The lowest BCUT2D eigenvalue weighted by Gasteiger charge is -2.07. The summed E-state index contributed by atoms with van der Waals surface area (Å²) in [7, 11) is 1.69. The normalized spacial score (nSPS) is 10.8. The zero-order valence-corrected chi connectivity index (χ0v) is 12.9. The molecule has 0 unspecified atom stereocenters. The quantitative estimate of drug-likeness (QED) is 0.530. The van der Waals surface area contributed by atoms with E-state index in [4.69, 9.17) is 4.74 Å². The number of hydrogen-bond donors (Lipinski definition) is 1. The van der Waals surface area contributed by atoms with E-state index < -0.39 is 0 Å². The van der Waals surface area contributed by atoms with Gasteiger partial charge in [-0.1, -0.05) is 60.7 Å². The molecule has 1 aromatic heterocycles. The molecule has 0 spiro atoms. The smallest absolute Gasteiger partial charge is 0.118 e. The molecular formula is C21H17NO. The Morgan fingerprint density at radius 2 is 1.39 bits per heavy atom. The van der Waals surface area contributed by atoms with Crippen LogP contribution in [0.25, 0.3) is 33.3 Å². The summed E-state index contributed by atoms with van der Waals surface area (Å²) in [6.45, 7) is 0. The molecule has 0 saturated carbocycles. The van der Waals surface area contributed by atoms with Crippen molar-refractivity contribution < 1.29 is 4.74 Å². The molecule has 2 heteroatoms. The largest absolute Gasteiger partial charge is 0.497 e. The van der Waals surface area contributed by atoms with Gasteiger partial charge in [-0.15, -0.1) is 0 Å². The summed E-state index contributed by atoms with van der Waals surface area (Å²) in [6, 6.07) is 27.1. The van der Waals surface area contributed by atoms with E-state index in [1.165, 1.54) is 22.1 Å². The molecule has 0 aliphatic carbocycles. The molecule has 112 valence electrons. The first kappa shape index (κ1) is 13.6. The lowest BCUT2D eigenvalue weighted by atomic mass is 9.98. The predicted molar refractivity (Wildman–Crippen MR) is 95.7 cm³/mol. The highest BCUT2D eigenvalue weighted by Gasteiger charge is 2.14. The minimum atomic E-state index is 0.870. The summed E-state index contributed by atoms with van der Waals surface area (Å²) in [5.74, 6) is 0.870. The second-order valence-corrected chi connectivity index (χ2v) is 5.52. The van der Waals surface area contributed by atoms with Crippen molar-refractivity contribution in [1.29, 1.82) is 0 Å². The molecule has 23 heavy (non-hydrogen) atoms. The van der Waals surface area contributed by atoms with Gasteiger partial charge in [-0.3, -0.25) is 0 Å². The Balaban J connectivity index is 1.99. The van der Waals surface area contributed by atoms with Gasteiger partial charge in [-0.2, -0.15) is 0 Å². The first-order valence-corrected chi connectivity index (χ1v) is 7.67. The van der Waals surface area contributed by atoms with Crippen molar-refractivity contribution in [3.05, 3.63) is 78.9 Å². The molecule has 0 aliphatic heterocycles. The van der Waals surface area contributed by atoms with Crippen molar-refractivity contribution in [2.75, 3.05) is 7.11 Å². The van der Waals surface area contributed by atoms with Gasteiger partial charge in [0.2, 0.25) is 0 Å². The second kappa shape index (κ2) is 5.65. The fourth-order valence-electron chi connectivity index (χ4n) is 3.02. The Morgan fingerprint density at radius 3 is 2.13 bits per heavy atom. The first-order valence-electron chi connectivity index (χ1n) is 7.67. The maximum absolute atomic E-state index is 5.28.